The highest BCUT2D eigenvalue weighted by atomic mass is 32.1. The number of aromatic nitrogens is 2. The van der Waals surface area contributed by atoms with Crippen LogP contribution in [-0.2, 0) is 117 Å². The number of guanidine groups is 2. The number of carboxylic acid groups (broad SMARTS) is 2. The Balaban J connectivity index is 1.24. The van der Waals surface area contributed by atoms with Crippen LogP contribution < -0.4 is 113 Å². The zero-order valence-electron chi connectivity index (χ0n) is 74.8. The molecule has 0 spiro atoms. The molecule has 17 amide bonds. The van der Waals surface area contributed by atoms with Crippen molar-refractivity contribution in [2.75, 3.05) is 37.7 Å². The van der Waals surface area contributed by atoms with E-state index >= 15 is 14.4 Å². The van der Waals surface area contributed by atoms with Gasteiger partial charge in [-0.3, -0.25) is 102 Å². The van der Waals surface area contributed by atoms with E-state index in [1.54, 1.807) is 85.1 Å². The van der Waals surface area contributed by atoms with Gasteiger partial charge in [0.05, 0.1) is 25.7 Å². The molecule has 2 heterocycles. The Labute approximate surface area is 794 Å². The van der Waals surface area contributed by atoms with E-state index in [9.17, 15) is 102 Å². The summed E-state index contributed by atoms with van der Waals surface area (Å²) in [4.78, 5) is 267. The molecule has 0 radical (unpaired) electrons. The molecule has 0 aliphatic rings. The molecule has 0 saturated heterocycles. The number of primary amides is 2. The van der Waals surface area contributed by atoms with E-state index in [0.29, 0.717) is 44.1 Å². The number of aromatic hydroxyl groups is 1. The van der Waals surface area contributed by atoms with Crippen LogP contribution in [0.1, 0.15) is 101 Å². The van der Waals surface area contributed by atoms with Gasteiger partial charge in [-0.2, -0.15) is 25.3 Å². The first-order valence-electron chi connectivity index (χ1n) is 43.1. The number of nitrogens with one attached hydrogen (secondary N) is 21. The van der Waals surface area contributed by atoms with Gasteiger partial charge in [0.15, 0.2) is 11.9 Å². The van der Waals surface area contributed by atoms with E-state index in [2.05, 4.69) is 126 Å². The molecular formula is C86H117N25O24S2. The van der Waals surface area contributed by atoms with Gasteiger partial charge >= 0.3 is 11.9 Å². The molecule has 49 nitrogen and oxygen atoms in total. The van der Waals surface area contributed by atoms with Crippen molar-refractivity contribution in [3.05, 3.63) is 138 Å². The number of carbonyl (C=O) groups excluding carboxylic acids is 17. The van der Waals surface area contributed by atoms with Crippen molar-refractivity contribution in [1.82, 2.24) is 100 Å². The van der Waals surface area contributed by atoms with Gasteiger partial charge in [0.25, 0.3) is 0 Å². The summed E-state index contributed by atoms with van der Waals surface area (Å²) in [6, 6.07) is 3.06. The molecule has 0 aliphatic carbocycles. The number of para-hydroxylation sites is 2. The molecule has 4 aromatic carbocycles. The number of hydrogen-bond acceptors (Lipinski definition) is 26. The normalized spacial score (nSPS) is 14.3. The van der Waals surface area contributed by atoms with Crippen LogP contribution in [0.4, 0.5) is 0 Å². The second kappa shape index (κ2) is 55.5. The Morgan fingerprint density at radius 3 is 1.15 bits per heavy atom. The number of H-pyrrole nitrogens is 2. The van der Waals surface area contributed by atoms with Gasteiger partial charge in [0.1, 0.15) is 90.3 Å². The Kier molecular flexibility index (Phi) is 44.8. The van der Waals surface area contributed by atoms with Crippen molar-refractivity contribution in [1.29, 1.82) is 10.8 Å². The van der Waals surface area contributed by atoms with Crippen LogP contribution >= 0.6 is 25.3 Å². The standard InChI is InChI=1S/C86H117N25O24S2/c1-42(71(122)103-58(72(123)97-38-67(88)117)31-45-13-5-4-6-14-45)98-73(124)54(19-11-29-93-85(89)90)101-78(129)60(33-47-36-95-52-17-9-7-15-50(47)52)105-77(128)59(32-46-21-23-49(115)24-22-46)104-82(133)64(40-136)109-76(127)57(26-28-69(120)121)102-79(130)61(34-48-37-96-53-18-10-8-16-51(48)53)107-84(135)70(43(2)113)111-81(132)63(39-112)108-83(134)65(41-137)110-80(131)62(35-66(87)116)106-74(125)55(20-12-30-94-86(91)92)100-75(126)56(99-44(3)114)25-27-68(118)119/h4-10,13-18,21-24,36-37,42-43,54-65,70,95-96,112-113,115,136-137H,11-12,19-20,25-35,38-41H2,1-3H3,(H2,87,116)(H2,88,117)(H,97,123)(H,98,124)(H,99,114)(H,100,126)(H,101,129)(H,102,130)(H,103,122)(H,104,133)(H,105,128)(H,106,125)(H,107,135)(H,108,134)(H,109,127)(H,110,131)(H,111,132)(H,118,119)(H,120,121)(H4,89,90,93)(H4,91,92,94)/t42-,43+,54-,55-,56-,57-,58-,59-,60-,61-,62-,63-,64-,65-,70-/m0/s1. The highest BCUT2D eigenvalue weighted by Crippen LogP contribution is 2.23. The van der Waals surface area contributed by atoms with E-state index < -0.39 is 285 Å². The zero-order valence-corrected chi connectivity index (χ0v) is 76.6. The average molecular weight is 1950 g/mol. The number of fused-ring (bicyclic) bond motifs is 2. The lowest BCUT2D eigenvalue weighted by Crippen LogP contribution is -2.63. The number of aliphatic hydroxyl groups excluding tert-OH is 2. The molecule has 0 saturated carbocycles. The summed E-state index contributed by atoms with van der Waals surface area (Å²) in [6.07, 6.45) is -4.19. The van der Waals surface area contributed by atoms with Crippen molar-refractivity contribution in [3.63, 3.8) is 0 Å². The van der Waals surface area contributed by atoms with Crippen molar-refractivity contribution in [2.45, 2.75) is 195 Å². The molecule has 137 heavy (non-hydrogen) atoms. The number of nitrogens with two attached hydrogens (primary N) is 4. The predicted octanol–water partition coefficient (Wildman–Crippen LogP) is -7.58. The monoisotopic (exact) mass is 1950 g/mol. The number of phenols is 1. The number of aliphatic carboxylic acids is 2. The lowest BCUT2D eigenvalue weighted by molar-refractivity contribution is -0.139. The maximum Gasteiger partial charge on any atom is 0.303 e. The summed E-state index contributed by atoms with van der Waals surface area (Å²) >= 11 is 8.49. The van der Waals surface area contributed by atoms with Crippen LogP contribution in [-0.4, -0.2) is 288 Å². The summed E-state index contributed by atoms with van der Waals surface area (Å²) < 4.78 is 0. The molecule has 0 unspecified atom stereocenters. The lowest BCUT2D eigenvalue weighted by Gasteiger charge is -2.28. The van der Waals surface area contributed by atoms with Crippen LogP contribution in [0.25, 0.3) is 21.8 Å². The van der Waals surface area contributed by atoms with E-state index in [-0.39, 0.29) is 57.4 Å². The van der Waals surface area contributed by atoms with Crippen LogP contribution in [0.2, 0.25) is 0 Å². The number of rotatable bonds is 58. The van der Waals surface area contributed by atoms with Gasteiger partial charge in [0.2, 0.25) is 100 Å². The van der Waals surface area contributed by atoms with E-state index in [4.69, 9.17) is 33.8 Å². The SMILES string of the molecule is CC(=O)N[C@@H](CCC(=O)O)C(=O)N[C@@H](CCCNC(=N)N)C(=O)N[C@@H](CC(N)=O)C(=O)N[C@@H](CS)C(=O)N[C@@H](CO)C(=O)N[C@H](C(=O)N[C@@H](Cc1c[nH]c2ccccc12)C(=O)N[C@@H](CCC(=O)O)C(=O)N[C@@H](CS)C(=O)N[C@@H](Cc1ccc(O)cc1)C(=O)N[C@@H](Cc1c[nH]c2ccccc12)C(=O)N[C@@H](CCCNC(=N)N)C(=O)N[C@@H](C)C(=O)N[C@@H](Cc1ccccc1)C(=O)NCC(N)=O)[C@@H](C)O. The van der Waals surface area contributed by atoms with Gasteiger partial charge in [-0.05, 0) is 98.9 Å². The molecule has 0 aliphatic heterocycles. The molecule has 51 heteroatoms. The molecule has 0 fully saturated rings. The third-order valence-corrected chi connectivity index (χ3v) is 21.7. The topological polar surface area (TPSA) is 813 Å². The van der Waals surface area contributed by atoms with Gasteiger partial charge in [-0.1, -0.05) is 78.9 Å². The Bertz CT molecular complexity index is 5300. The molecule has 6 rings (SSSR count). The number of amides is 17. The highest BCUT2D eigenvalue weighted by Gasteiger charge is 2.40. The fraction of sp³-hybridized carbons (Fsp3) is 0.430. The van der Waals surface area contributed by atoms with E-state index in [1.165, 1.54) is 37.4 Å². The third kappa shape index (κ3) is 37.3. The van der Waals surface area contributed by atoms with Gasteiger partial charge in [-0.15, -0.1) is 0 Å². The van der Waals surface area contributed by atoms with Crippen molar-refractivity contribution < 1.29 is 117 Å². The minimum atomic E-state index is -2.11. The number of aromatic amines is 2. The second-order valence-electron chi connectivity index (χ2n) is 31.8. The predicted molar refractivity (Wildman–Crippen MR) is 499 cm³/mol. The number of hydrogen-bond donors (Lipinski definition) is 32. The first-order valence-corrected chi connectivity index (χ1v) is 44.3. The second-order valence-corrected chi connectivity index (χ2v) is 32.5. The summed E-state index contributed by atoms with van der Waals surface area (Å²) in [5.74, 6) is -23.8. The number of thiol groups is 2. The quantitative estimate of drug-likeness (QED) is 0.00730. The molecule has 0 bridgehead atoms. The largest absolute Gasteiger partial charge is 0.508 e. The molecule has 6 aromatic rings. The van der Waals surface area contributed by atoms with Crippen molar-refractivity contribution in [2.24, 2.45) is 22.9 Å². The fourth-order valence-corrected chi connectivity index (χ4v) is 14.4. The summed E-state index contributed by atoms with van der Waals surface area (Å²) in [5, 5.41) is 109. The maximum atomic E-state index is 15.2. The van der Waals surface area contributed by atoms with E-state index in [0.717, 1.165) is 13.8 Å². The van der Waals surface area contributed by atoms with Crippen molar-refractivity contribution >= 4 is 171 Å². The number of carboxylic acids is 2. The third-order valence-electron chi connectivity index (χ3n) is 21.0. The van der Waals surface area contributed by atoms with Gasteiger partial charge < -0.3 is 149 Å². The molecule has 34 N–H and O–H groups in total. The van der Waals surface area contributed by atoms with Gasteiger partial charge in [0, 0.05) is 104 Å². The fourth-order valence-electron chi connectivity index (χ4n) is 13.8. The smallest absolute Gasteiger partial charge is 0.303 e. The Morgan fingerprint density at radius 1 is 0.380 bits per heavy atom. The lowest BCUT2D eigenvalue weighted by atomic mass is 10.0. The van der Waals surface area contributed by atoms with Crippen LogP contribution in [0.3, 0.4) is 0 Å². The average Bonchev–Trinajstić information content (AvgIpc) is 1.66. The number of benzene rings is 4. The Hall–Kier alpha value is -15.2. The van der Waals surface area contributed by atoms with Crippen molar-refractivity contribution in [3.8, 4) is 5.75 Å². The number of carbonyl (C=O) groups is 19. The molecule has 2 aromatic heterocycles. The summed E-state index contributed by atoms with van der Waals surface area (Å²) in [7, 11) is 0. The highest BCUT2D eigenvalue weighted by molar-refractivity contribution is 7.80. The molecular weight excluding hydrogens is 1830 g/mol. The van der Waals surface area contributed by atoms with E-state index in [1.807, 2.05) is 0 Å². The minimum Gasteiger partial charge on any atom is -0.508 e. The Morgan fingerprint density at radius 2 is 0.730 bits per heavy atom. The molecule has 15 atom stereocenters. The first kappa shape index (κ1) is 111. The van der Waals surface area contributed by atoms with Crippen LogP contribution in [0, 0.1) is 10.8 Å². The van der Waals surface area contributed by atoms with Crippen LogP contribution in [0.15, 0.2) is 116 Å². The number of aliphatic hydroxyl groups is 2. The van der Waals surface area contributed by atoms with Crippen LogP contribution in [0.5, 0.6) is 5.75 Å². The number of phenolic OH excluding ortho intramolecular Hbond substituents is 1. The summed E-state index contributed by atoms with van der Waals surface area (Å²) in [5.41, 5.74) is 24.5. The summed E-state index contributed by atoms with van der Waals surface area (Å²) in [6.45, 7) is 1.46. The maximum absolute atomic E-state index is 15.2. The molecule has 742 valence electrons. The van der Waals surface area contributed by atoms with Gasteiger partial charge in [-0.25, -0.2) is 0 Å². The minimum absolute atomic E-state index is 0.00690. The first-order chi connectivity index (χ1) is 65.0. The zero-order chi connectivity index (χ0) is 101.